The highest BCUT2D eigenvalue weighted by atomic mass is 16.5. The van der Waals surface area contributed by atoms with Crippen molar-refractivity contribution in [1.82, 2.24) is 14.7 Å². The van der Waals surface area contributed by atoms with Crippen molar-refractivity contribution in [2.24, 2.45) is 5.41 Å². The van der Waals surface area contributed by atoms with Crippen molar-refractivity contribution in [1.29, 1.82) is 0 Å². The van der Waals surface area contributed by atoms with Crippen molar-refractivity contribution in [3.8, 4) is 5.75 Å². The summed E-state index contributed by atoms with van der Waals surface area (Å²) in [4.78, 5) is 26.7. The van der Waals surface area contributed by atoms with Crippen LogP contribution < -0.4 is 4.74 Å². The minimum absolute atomic E-state index is 0.0703. The van der Waals surface area contributed by atoms with Gasteiger partial charge in [0.2, 0.25) is 0 Å². The molecule has 2 aliphatic rings. The normalized spacial score (nSPS) is 24.4. The molecule has 0 spiro atoms. The predicted octanol–water partition coefficient (Wildman–Crippen LogP) is 1.61. The van der Waals surface area contributed by atoms with Gasteiger partial charge in [-0.2, -0.15) is 5.10 Å². The average Bonchev–Trinajstić information content (AvgIpc) is 3.26. The van der Waals surface area contributed by atoms with Crippen molar-refractivity contribution >= 4 is 11.9 Å². The third-order valence-corrected chi connectivity index (χ3v) is 5.27. The van der Waals surface area contributed by atoms with Crippen molar-refractivity contribution in [2.75, 3.05) is 19.7 Å². The summed E-state index contributed by atoms with van der Waals surface area (Å²) in [5.41, 5.74) is 0.229. The summed E-state index contributed by atoms with van der Waals surface area (Å²) in [6, 6.07) is 9.14. The minimum atomic E-state index is -1.11. The third-order valence-electron chi connectivity index (χ3n) is 5.27. The number of carbonyl (C=O) groups is 2. The molecular formula is C18H19N3O4. The Balaban J connectivity index is 1.72. The largest absolute Gasteiger partial charge is 0.492 e. The van der Waals surface area contributed by atoms with Gasteiger partial charge in [0.15, 0.2) is 0 Å². The molecule has 2 aromatic rings. The van der Waals surface area contributed by atoms with E-state index in [-0.39, 0.29) is 25.0 Å². The van der Waals surface area contributed by atoms with Crippen LogP contribution in [0, 0.1) is 5.41 Å². The Morgan fingerprint density at radius 3 is 2.92 bits per heavy atom. The smallest absolute Gasteiger partial charge is 0.315 e. The fraction of sp³-hybridized carbons (Fsp3) is 0.389. The molecule has 1 N–H and O–H groups in total. The van der Waals surface area contributed by atoms with Gasteiger partial charge in [0.1, 0.15) is 23.5 Å². The molecule has 0 aliphatic carbocycles. The topological polar surface area (TPSA) is 84.7 Å². The van der Waals surface area contributed by atoms with Crippen LogP contribution in [-0.2, 0) is 11.3 Å². The highest BCUT2D eigenvalue weighted by Gasteiger charge is 2.57. The van der Waals surface area contributed by atoms with Crippen LogP contribution in [0.1, 0.15) is 28.9 Å². The standard InChI is InChI=1S/C18H19N3O4/c1-2-21-14(7-8-19-21)16(22)20-9-13-12-5-3-4-6-15(12)25-11-18(13,10-20)17(23)24/h3-8,13H,2,9-11H2,1H3,(H,23,24)/t13-,18-/m0/s1. The lowest BCUT2D eigenvalue weighted by atomic mass is 9.73. The molecule has 2 atom stereocenters. The summed E-state index contributed by atoms with van der Waals surface area (Å²) in [5.74, 6) is -0.688. The van der Waals surface area contributed by atoms with Crippen LogP contribution in [-0.4, -0.2) is 51.4 Å². The van der Waals surface area contributed by atoms with Crippen LogP contribution in [0.3, 0.4) is 0 Å². The van der Waals surface area contributed by atoms with E-state index < -0.39 is 11.4 Å². The van der Waals surface area contributed by atoms with Gasteiger partial charge < -0.3 is 14.7 Å². The molecule has 0 unspecified atom stereocenters. The van der Waals surface area contributed by atoms with E-state index in [4.69, 9.17) is 4.74 Å². The molecule has 2 aliphatic heterocycles. The molecule has 4 rings (SSSR count). The van der Waals surface area contributed by atoms with E-state index in [0.717, 1.165) is 5.56 Å². The van der Waals surface area contributed by atoms with Gasteiger partial charge in [-0.3, -0.25) is 14.3 Å². The summed E-state index contributed by atoms with van der Waals surface area (Å²) in [6.07, 6.45) is 1.59. The monoisotopic (exact) mass is 341 g/mol. The van der Waals surface area contributed by atoms with Gasteiger partial charge in [-0.05, 0) is 19.1 Å². The van der Waals surface area contributed by atoms with Crippen LogP contribution in [0.25, 0.3) is 0 Å². The van der Waals surface area contributed by atoms with Crippen LogP contribution in [0.2, 0.25) is 0 Å². The Morgan fingerprint density at radius 1 is 1.36 bits per heavy atom. The number of ether oxygens (including phenoxy) is 1. The van der Waals surface area contributed by atoms with E-state index in [2.05, 4.69) is 5.10 Å². The van der Waals surface area contributed by atoms with Crippen molar-refractivity contribution < 1.29 is 19.4 Å². The first-order valence-corrected chi connectivity index (χ1v) is 8.33. The van der Waals surface area contributed by atoms with Crippen LogP contribution in [0.5, 0.6) is 5.75 Å². The van der Waals surface area contributed by atoms with E-state index in [9.17, 15) is 14.7 Å². The Kier molecular flexibility index (Phi) is 3.52. The second-order valence-electron chi connectivity index (χ2n) is 6.56. The molecule has 1 fully saturated rings. The fourth-order valence-electron chi connectivity index (χ4n) is 3.92. The van der Waals surface area contributed by atoms with Crippen molar-refractivity contribution in [3.63, 3.8) is 0 Å². The molecule has 25 heavy (non-hydrogen) atoms. The molecule has 7 heteroatoms. The number of carboxylic acid groups (broad SMARTS) is 1. The van der Waals surface area contributed by atoms with Gasteiger partial charge in [-0.1, -0.05) is 18.2 Å². The number of nitrogens with zero attached hydrogens (tertiary/aromatic N) is 3. The number of rotatable bonds is 3. The van der Waals surface area contributed by atoms with E-state index in [1.54, 1.807) is 21.8 Å². The van der Waals surface area contributed by atoms with E-state index >= 15 is 0 Å². The lowest BCUT2D eigenvalue weighted by molar-refractivity contribution is -0.151. The number of carbonyl (C=O) groups excluding carboxylic acids is 1. The van der Waals surface area contributed by atoms with Gasteiger partial charge in [0.25, 0.3) is 5.91 Å². The number of hydrogen-bond donors (Lipinski definition) is 1. The van der Waals surface area contributed by atoms with Crippen LogP contribution in [0.4, 0.5) is 0 Å². The molecule has 0 bridgehead atoms. The van der Waals surface area contributed by atoms with E-state index in [1.807, 2.05) is 31.2 Å². The first-order valence-electron chi connectivity index (χ1n) is 8.33. The number of likely N-dealkylation sites (tertiary alicyclic amines) is 1. The number of amides is 1. The number of para-hydroxylation sites is 1. The maximum atomic E-state index is 12.9. The number of aliphatic carboxylic acids is 1. The summed E-state index contributed by atoms with van der Waals surface area (Å²) in [5, 5.41) is 14.1. The first-order chi connectivity index (χ1) is 12.1. The molecular weight excluding hydrogens is 322 g/mol. The SMILES string of the molecule is CCn1nccc1C(=O)N1C[C@H]2c3ccccc3OC[C@@]2(C(=O)O)C1. The summed E-state index contributed by atoms with van der Waals surface area (Å²) >= 11 is 0. The second-order valence-corrected chi connectivity index (χ2v) is 6.56. The quantitative estimate of drug-likeness (QED) is 0.917. The lowest BCUT2D eigenvalue weighted by Gasteiger charge is -2.35. The summed E-state index contributed by atoms with van der Waals surface area (Å²) in [7, 11) is 0. The molecule has 1 aromatic heterocycles. The maximum absolute atomic E-state index is 12.9. The van der Waals surface area contributed by atoms with Gasteiger partial charge >= 0.3 is 5.97 Å². The average molecular weight is 341 g/mol. The number of benzene rings is 1. The van der Waals surface area contributed by atoms with Gasteiger partial charge in [0, 0.05) is 37.3 Å². The highest BCUT2D eigenvalue weighted by Crippen LogP contribution is 2.49. The van der Waals surface area contributed by atoms with Crippen LogP contribution >= 0.6 is 0 Å². The van der Waals surface area contributed by atoms with Gasteiger partial charge in [-0.25, -0.2) is 0 Å². The molecule has 0 radical (unpaired) electrons. The molecule has 7 nitrogen and oxygen atoms in total. The first kappa shape index (κ1) is 15.7. The molecule has 130 valence electrons. The number of aryl methyl sites for hydroxylation is 1. The zero-order chi connectivity index (χ0) is 17.6. The van der Waals surface area contributed by atoms with Gasteiger partial charge in [-0.15, -0.1) is 0 Å². The zero-order valence-corrected chi connectivity index (χ0v) is 13.9. The Morgan fingerprint density at radius 2 is 2.16 bits per heavy atom. The molecule has 0 saturated carbocycles. The Hall–Kier alpha value is -2.83. The molecule has 1 saturated heterocycles. The van der Waals surface area contributed by atoms with Crippen molar-refractivity contribution in [3.05, 3.63) is 47.8 Å². The lowest BCUT2D eigenvalue weighted by Crippen LogP contribution is -2.46. The highest BCUT2D eigenvalue weighted by molar-refractivity contribution is 5.94. The number of fused-ring (bicyclic) bond motifs is 3. The molecule has 1 amide bonds. The molecule has 3 heterocycles. The van der Waals surface area contributed by atoms with Gasteiger partial charge in [0.05, 0.1) is 0 Å². The molecule has 1 aromatic carbocycles. The number of carboxylic acids is 1. The fourth-order valence-corrected chi connectivity index (χ4v) is 3.92. The minimum Gasteiger partial charge on any atom is -0.492 e. The van der Waals surface area contributed by atoms with Crippen LogP contribution in [0.15, 0.2) is 36.5 Å². The Bertz CT molecular complexity index is 846. The third kappa shape index (κ3) is 2.22. The predicted molar refractivity (Wildman–Crippen MR) is 88.6 cm³/mol. The summed E-state index contributed by atoms with van der Waals surface area (Å²) < 4.78 is 7.36. The maximum Gasteiger partial charge on any atom is 0.315 e. The second kappa shape index (κ2) is 5.61. The van der Waals surface area contributed by atoms with Crippen molar-refractivity contribution in [2.45, 2.75) is 19.4 Å². The van der Waals surface area contributed by atoms with E-state index in [0.29, 0.717) is 24.5 Å². The Labute approximate surface area is 144 Å². The summed E-state index contributed by atoms with van der Waals surface area (Å²) in [6.45, 7) is 3.06. The number of aromatic nitrogens is 2. The van der Waals surface area contributed by atoms with E-state index in [1.165, 1.54) is 0 Å². The number of hydrogen-bond acceptors (Lipinski definition) is 4. The zero-order valence-electron chi connectivity index (χ0n) is 13.9.